The molecule has 0 spiro atoms. The van der Waals surface area contributed by atoms with Crippen molar-refractivity contribution in [3.8, 4) is 6.07 Å². The number of hydrogen-bond donors (Lipinski definition) is 1. The van der Waals surface area contributed by atoms with Crippen molar-refractivity contribution in [2.45, 2.75) is 61.0 Å². The molecule has 2 saturated heterocycles. The van der Waals surface area contributed by atoms with E-state index in [0.29, 0.717) is 25.7 Å². The van der Waals surface area contributed by atoms with Gasteiger partial charge in [-0.3, -0.25) is 4.21 Å². The van der Waals surface area contributed by atoms with Gasteiger partial charge in [-0.05, 0) is 32.1 Å². The number of fused-ring (bicyclic) bond motifs is 2. The zero-order valence-electron chi connectivity index (χ0n) is 8.82. The topological polar surface area (TPSA) is 61.1 Å². The van der Waals surface area contributed by atoms with Gasteiger partial charge in [-0.1, -0.05) is 6.42 Å². The van der Waals surface area contributed by atoms with Gasteiger partial charge in [0.25, 0.3) is 0 Å². The van der Waals surface area contributed by atoms with Gasteiger partial charge in [0, 0.05) is 27.7 Å². The van der Waals surface area contributed by atoms with E-state index < -0.39 is 16.4 Å². The number of hydrogen-bond acceptors (Lipinski definition) is 3. The summed E-state index contributed by atoms with van der Waals surface area (Å²) >= 11 is 0. The molecule has 3 nitrogen and oxygen atoms in total. The van der Waals surface area contributed by atoms with Crippen LogP contribution in [0.4, 0.5) is 0 Å². The zero-order valence-corrected chi connectivity index (χ0v) is 9.63. The first-order valence-electron chi connectivity index (χ1n) is 5.63. The van der Waals surface area contributed by atoms with Crippen LogP contribution in [0, 0.1) is 11.3 Å². The molecule has 0 amide bonds. The molecule has 2 heterocycles. The van der Waals surface area contributed by atoms with Gasteiger partial charge in [-0.15, -0.1) is 0 Å². The van der Waals surface area contributed by atoms with Crippen LogP contribution >= 0.6 is 0 Å². The molecule has 0 aliphatic carbocycles. The maximum absolute atomic E-state index is 11.9. The lowest BCUT2D eigenvalue weighted by molar-refractivity contribution is 0.00436. The smallest absolute Gasteiger partial charge is 0.0680 e. The van der Waals surface area contributed by atoms with Gasteiger partial charge in [0.1, 0.15) is 0 Å². The van der Waals surface area contributed by atoms with E-state index in [4.69, 9.17) is 5.26 Å². The molecule has 4 heteroatoms. The summed E-state index contributed by atoms with van der Waals surface area (Å²) in [6, 6.07) is 2.08. The van der Waals surface area contributed by atoms with Crippen LogP contribution in [0.3, 0.4) is 0 Å². The standard InChI is InChI=1S/C11H17NO2S/c12-6-2-5-11(13)7-9-3-1-4-10(8-11)15(9)14/h9-10,13H,1-5,7-8H2. The highest BCUT2D eigenvalue weighted by molar-refractivity contribution is 7.86. The van der Waals surface area contributed by atoms with Crippen molar-refractivity contribution < 1.29 is 9.32 Å². The summed E-state index contributed by atoms with van der Waals surface area (Å²) in [5.74, 6) is 0. The molecule has 15 heavy (non-hydrogen) atoms. The van der Waals surface area contributed by atoms with Gasteiger partial charge in [0.2, 0.25) is 0 Å². The molecule has 2 fully saturated rings. The number of aliphatic hydroxyl groups is 1. The lowest BCUT2D eigenvalue weighted by Gasteiger charge is -2.43. The number of nitrogens with zero attached hydrogens (tertiary/aromatic N) is 1. The van der Waals surface area contributed by atoms with Crippen LogP contribution in [-0.2, 0) is 10.8 Å². The van der Waals surface area contributed by atoms with Gasteiger partial charge in [0.15, 0.2) is 0 Å². The molecule has 2 rings (SSSR count). The maximum atomic E-state index is 11.9. The van der Waals surface area contributed by atoms with Crippen molar-refractivity contribution in [3.63, 3.8) is 0 Å². The van der Waals surface area contributed by atoms with Crippen LogP contribution in [0.5, 0.6) is 0 Å². The molecule has 1 N–H and O–H groups in total. The fourth-order valence-corrected chi connectivity index (χ4v) is 5.16. The van der Waals surface area contributed by atoms with Crippen LogP contribution in [0.2, 0.25) is 0 Å². The molecule has 0 radical (unpaired) electrons. The van der Waals surface area contributed by atoms with E-state index in [0.717, 1.165) is 19.3 Å². The Labute approximate surface area is 92.9 Å². The SMILES string of the molecule is N#CCCC1(O)CC2CCCC(C1)S2=O. The summed E-state index contributed by atoms with van der Waals surface area (Å²) in [5.41, 5.74) is -0.709. The Morgan fingerprint density at radius 3 is 2.53 bits per heavy atom. The zero-order chi connectivity index (χ0) is 10.9. The van der Waals surface area contributed by atoms with E-state index in [9.17, 15) is 9.32 Å². The van der Waals surface area contributed by atoms with Crippen LogP contribution in [0.15, 0.2) is 0 Å². The average molecular weight is 227 g/mol. The second-order valence-electron chi connectivity index (χ2n) is 4.79. The van der Waals surface area contributed by atoms with Crippen molar-refractivity contribution in [2.75, 3.05) is 0 Å². The normalized spacial score (nSPS) is 44.7. The predicted octanol–water partition coefficient (Wildman–Crippen LogP) is 1.48. The Balaban J connectivity index is 2.06. The fourth-order valence-electron chi connectivity index (χ4n) is 2.87. The largest absolute Gasteiger partial charge is 0.390 e. The second kappa shape index (κ2) is 4.23. The fraction of sp³-hybridized carbons (Fsp3) is 0.909. The third kappa shape index (κ3) is 2.24. The van der Waals surface area contributed by atoms with Crippen molar-refractivity contribution in [2.24, 2.45) is 0 Å². The minimum Gasteiger partial charge on any atom is -0.390 e. The molecule has 2 bridgehead atoms. The molecule has 2 atom stereocenters. The Morgan fingerprint density at radius 1 is 1.40 bits per heavy atom. The van der Waals surface area contributed by atoms with Gasteiger partial charge in [-0.2, -0.15) is 5.26 Å². The van der Waals surface area contributed by atoms with Crippen molar-refractivity contribution in [1.82, 2.24) is 0 Å². The third-order valence-corrected chi connectivity index (χ3v) is 5.75. The monoisotopic (exact) mass is 227 g/mol. The quantitative estimate of drug-likeness (QED) is 0.777. The second-order valence-corrected chi connectivity index (χ2v) is 6.78. The first kappa shape index (κ1) is 11.1. The van der Waals surface area contributed by atoms with E-state index in [1.807, 2.05) is 0 Å². The summed E-state index contributed by atoms with van der Waals surface area (Å²) in [6.45, 7) is 0. The van der Waals surface area contributed by atoms with E-state index in [1.165, 1.54) is 0 Å². The molecular formula is C11H17NO2S. The summed E-state index contributed by atoms with van der Waals surface area (Å²) in [6.07, 6.45) is 5.34. The molecule has 0 aromatic carbocycles. The minimum atomic E-state index is -0.731. The maximum Gasteiger partial charge on any atom is 0.0680 e. The Kier molecular flexibility index (Phi) is 3.13. The van der Waals surface area contributed by atoms with Gasteiger partial charge < -0.3 is 5.11 Å². The van der Waals surface area contributed by atoms with Gasteiger partial charge >= 0.3 is 0 Å². The Hall–Kier alpha value is -0.400. The molecule has 0 aromatic rings. The number of nitriles is 1. The molecule has 84 valence electrons. The Morgan fingerprint density at radius 2 is 2.00 bits per heavy atom. The van der Waals surface area contributed by atoms with Crippen LogP contribution in [0.1, 0.15) is 44.9 Å². The molecule has 2 unspecified atom stereocenters. The first-order chi connectivity index (χ1) is 7.14. The highest BCUT2D eigenvalue weighted by Crippen LogP contribution is 2.41. The summed E-state index contributed by atoms with van der Waals surface area (Å²) in [5, 5.41) is 19.2. The lowest BCUT2D eigenvalue weighted by Crippen LogP contribution is -2.48. The van der Waals surface area contributed by atoms with E-state index in [-0.39, 0.29) is 10.5 Å². The average Bonchev–Trinajstić information content (AvgIpc) is 2.18. The minimum absolute atomic E-state index is 0.182. The van der Waals surface area contributed by atoms with Gasteiger partial charge in [0.05, 0.1) is 11.7 Å². The molecule has 2 aliphatic rings. The van der Waals surface area contributed by atoms with Crippen LogP contribution in [0.25, 0.3) is 0 Å². The van der Waals surface area contributed by atoms with Crippen LogP contribution in [-0.4, -0.2) is 25.4 Å². The van der Waals surface area contributed by atoms with Crippen molar-refractivity contribution >= 4 is 10.8 Å². The summed E-state index contributed by atoms with van der Waals surface area (Å²) < 4.78 is 11.9. The summed E-state index contributed by atoms with van der Waals surface area (Å²) in [7, 11) is -0.731. The van der Waals surface area contributed by atoms with E-state index >= 15 is 0 Å². The van der Waals surface area contributed by atoms with Crippen LogP contribution < -0.4 is 0 Å². The first-order valence-corrected chi connectivity index (χ1v) is 6.91. The molecule has 0 aromatic heterocycles. The predicted molar refractivity (Wildman–Crippen MR) is 58.6 cm³/mol. The van der Waals surface area contributed by atoms with Crippen molar-refractivity contribution in [1.29, 1.82) is 5.26 Å². The molecule has 0 saturated carbocycles. The molecular weight excluding hydrogens is 210 g/mol. The highest BCUT2D eigenvalue weighted by atomic mass is 32.2. The van der Waals surface area contributed by atoms with E-state index in [2.05, 4.69) is 6.07 Å². The van der Waals surface area contributed by atoms with Crippen molar-refractivity contribution in [3.05, 3.63) is 0 Å². The Bertz CT molecular complexity index is 294. The van der Waals surface area contributed by atoms with E-state index in [1.54, 1.807) is 0 Å². The lowest BCUT2D eigenvalue weighted by atomic mass is 9.82. The summed E-state index contributed by atoms with van der Waals surface area (Å²) in [4.78, 5) is 0. The highest BCUT2D eigenvalue weighted by Gasteiger charge is 2.44. The van der Waals surface area contributed by atoms with Gasteiger partial charge in [-0.25, -0.2) is 0 Å². The third-order valence-electron chi connectivity index (χ3n) is 3.63. The number of rotatable bonds is 2. The molecule has 2 aliphatic heterocycles.